The van der Waals surface area contributed by atoms with Gasteiger partial charge in [0.05, 0.1) is 11.3 Å². The molecule has 0 saturated heterocycles. The molecule has 1 aliphatic rings. The molecule has 2 rings (SSSR count). The second-order valence-electron chi connectivity index (χ2n) is 5.30. The van der Waals surface area contributed by atoms with Crippen molar-refractivity contribution in [2.75, 3.05) is 6.54 Å². The molecule has 1 heterocycles. The van der Waals surface area contributed by atoms with E-state index in [0.717, 1.165) is 23.9 Å². The maximum atomic E-state index is 12.0. The summed E-state index contributed by atoms with van der Waals surface area (Å²) in [6.07, 6.45) is 3.78. The maximum absolute atomic E-state index is 12.0. The summed E-state index contributed by atoms with van der Waals surface area (Å²) in [7, 11) is 0. The molecule has 0 spiro atoms. The van der Waals surface area contributed by atoms with Crippen LogP contribution in [0.15, 0.2) is 0 Å². The highest BCUT2D eigenvalue weighted by atomic mass is 16.1. The van der Waals surface area contributed by atoms with Gasteiger partial charge in [-0.05, 0) is 38.5 Å². The quantitative estimate of drug-likeness (QED) is 0.843. The summed E-state index contributed by atoms with van der Waals surface area (Å²) in [5.74, 6) is 1.48. The van der Waals surface area contributed by atoms with Crippen LogP contribution in [0.2, 0.25) is 0 Å². The lowest BCUT2D eigenvalue weighted by Crippen LogP contribution is -2.29. The highest BCUT2D eigenvalue weighted by Crippen LogP contribution is 2.29. The first kappa shape index (κ1) is 12.1. The van der Waals surface area contributed by atoms with Crippen LogP contribution in [-0.4, -0.2) is 22.6 Å². The Morgan fingerprint density at radius 3 is 2.76 bits per heavy atom. The Bertz CT molecular complexity index is 391. The SMILES string of the molecule is Cc1n[nH]c(C)c1C(=O)NCC1CCC(C)C1. The number of nitrogens with zero attached hydrogens (tertiary/aromatic N) is 1. The monoisotopic (exact) mass is 235 g/mol. The number of H-pyrrole nitrogens is 1. The van der Waals surface area contributed by atoms with E-state index >= 15 is 0 Å². The van der Waals surface area contributed by atoms with E-state index in [1.54, 1.807) is 0 Å². The number of nitrogens with one attached hydrogen (secondary N) is 2. The number of hydrogen-bond donors (Lipinski definition) is 2. The molecule has 1 saturated carbocycles. The van der Waals surface area contributed by atoms with E-state index in [0.29, 0.717) is 11.5 Å². The molecule has 4 nitrogen and oxygen atoms in total. The number of aryl methyl sites for hydroxylation is 2. The molecule has 0 aliphatic heterocycles. The van der Waals surface area contributed by atoms with Gasteiger partial charge >= 0.3 is 0 Å². The molecule has 2 N–H and O–H groups in total. The Hall–Kier alpha value is -1.32. The summed E-state index contributed by atoms with van der Waals surface area (Å²) in [5, 5.41) is 9.92. The topological polar surface area (TPSA) is 57.8 Å². The zero-order valence-corrected chi connectivity index (χ0v) is 10.8. The van der Waals surface area contributed by atoms with Crippen molar-refractivity contribution in [2.45, 2.75) is 40.0 Å². The van der Waals surface area contributed by atoms with Gasteiger partial charge in [0, 0.05) is 12.2 Å². The van der Waals surface area contributed by atoms with Gasteiger partial charge < -0.3 is 5.32 Å². The molecule has 0 radical (unpaired) electrons. The Labute approximate surface area is 102 Å². The standard InChI is InChI=1S/C13H21N3O/c1-8-4-5-11(6-8)7-14-13(17)12-9(2)15-16-10(12)3/h8,11H,4-7H2,1-3H3,(H,14,17)(H,15,16). The van der Waals surface area contributed by atoms with Crippen molar-refractivity contribution in [1.29, 1.82) is 0 Å². The van der Waals surface area contributed by atoms with Crippen LogP contribution in [0, 0.1) is 25.7 Å². The first-order valence-corrected chi connectivity index (χ1v) is 6.37. The van der Waals surface area contributed by atoms with Gasteiger partial charge in [-0.25, -0.2) is 0 Å². The lowest BCUT2D eigenvalue weighted by atomic mass is 10.1. The Morgan fingerprint density at radius 1 is 1.47 bits per heavy atom. The van der Waals surface area contributed by atoms with E-state index in [-0.39, 0.29) is 5.91 Å². The van der Waals surface area contributed by atoms with Crippen LogP contribution in [0.4, 0.5) is 0 Å². The van der Waals surface area contributed by atoms with Crippen molar-refractivity contribution >= 4 is 5.91 Å². The van der Waals surface area contributed by atoms with Crippen molar-refractivity contribution < 1.29 is 4.79 Å². The van der Waals surface area contributed by atoms with Gasteiger partial charge in [-0.3, -0.25) is 9.89 Å². The molecule has 1 amide bonds. The molecule has 1 aliphatic carbocycles. The molecule has 2 unspecified atom stereocenters. The summed E-state index contributed by atoms with van der Waals surface area (Å²) < 4.78 is 0. The van der Waals surface area contributed by atoms with Crippen LogP contribution >= 0.6 is 0 Å². The highest BCUT2D eigenvalue weighted by Gasteiger charge is 2.22. The van der Waals surface area contributed by atoms with Gasteiger partial charge in [-0.1, -0.05) is 13.3 Å². The number of aromatic nitrogens is 2. The van der Waals surface area contributed by atoms with Crippen LogP contribution < -0.4 is 5.32 Å². The Kier molecular flexibility index (Phi) is 3.50. The fourth-order valence-electron chi connectivity index (χ4n) is 2.72. The normalized spacial score (nSPS) is 23.9. The minimum Gasteiger partial charge on any atom is -0.352 e. The number of amides is 1. The number of carbonyl (C=O) groups is 1. The van der Waals surface area contributed by atoms with Crippen molar-refractivity contribution in [2.24, 2.45) is 11.8 Å². The molecule has 1 aromatic rings. The predicted octanol–water partition coefficient (Wildman–Crippen LogP) is 2.19. The Balaban J connectivity index is 1.90. The molecule has 4 heteroatoms. The summed E-state index contributed by atoms with van der Waals surface area (Å²) in [4.78, 5) is 12.0. The number of hydrogen-bond acceptors (Lipinski definition) is 2. The molecular weight excluding hydrogens is 214 g/mol. The predicted molar refractivity (Wildman–Crippen MR) is 66.9 cm³/mol. The molecule has 2 atom stereocenters. The number of aromatic amines is 1. The zero-order valence-electron chi connectivity index (χ0n) is 10.8. The largest absolute Gasteiger partial charge is 0.352 e. The van der Waals surface area contributed by atoms with E-state index in [1.807, 2.05) is 13.8 Å². The third-order valence-electron chi connectivity index (χ3n) is 3.71. The molecule has 94 valence electrons. The van der Waals surface area contributed by atoms with Crippen LogP contribution in [0.5, 0.6) is 0 Å². The van der Waals surface area contributed by atoms with Gasteiger partial charge in [-0.2, -0.15) is 5.10 Å². The van der Waals surface area contributed by atoms with Crippen LogP contribution in [0.1, 0.15) is 47.9 Å². The molecule has 1 aromatic heterocycles. The molecule has 17 heavy (non-hydrogen) atoms. The van der Waals surface area contributed by atoms with Crippen LogP contribution in [0.25, 0.3) is 0 Å². The minimum atomic E-state index is 0.00769. The van der Waals surface area contributed by atoms with E-state index in [9.17, 15) is 4.79 Å². The van der Waals surface area contributed by atoms with E-state index < -0.39 is 0 Å². The summed E-state index contributed by atoms with van der Waals surface area (Å²) >= 11 is 0. The fourth-order valence-corrected chi connectivity index (χ4v) is 2.72. The zero-order chi connectivity index (χ0) is 12.4. The van der Waals surface area contributed by atoms with Crippen molar-refractivity contribution in [1.82, 2.24) is 15.5 Å². The van der Waals surface area contributed by atoms with Crippen LogP contribution in [-0.2, 0) is 0 Å². The van der Waals surface area contributed by atoms with Gasteiger partial charge in [0.1, 0.15) is 0 Å². The van der Waals surface area contributed by atoms with Gasteiger partial charge in [-0.15, -0.1) is 0 Å². The van der Waals surface area contributed by atoms with Crippen molar-refractivity contribution in [3.63, 3.8) is 0 Å². The summed E-state index contributed by atoms with van der Waals surface area (Å²) in [6, 6.07) is 0. The van der Waals surface area contributed by atoms with Gasteiger partial charge in [0.2, 0.25) is 0 Å². The average molecular weight is 235 g/mol. The van der Waals surface area contributed by atoms with Crippen molar-refractivity contribution in [3.05, 3.63) is 17.0 Å². The third kappa shape index (κ3) is 2.68. The molecule has 0 aromatic carbocycles. The third-order valence-corrected chi connectivity index (χ3v) is 3.71. The maximum Gasteiger partial charge on any atom is 0.255 e. The van der Waals surface area contributed by atoms with Crippen molar-refractivity contribution in [3.8, 4) is 0 Å². The van der Waals surface area contributed by atoms with Crippen LogP contribution in [0.3, 0.4) is 0 Å². The Morgan fingerprint density at radius 2 is 2.24 bits per heavy atom. The molecule has 0 bridgehead atoms. The highest BCUT2D eigenvalue weighted by molar-refractivity contribution is 5.96. The average Bonchev–Trinajstić information content (AvgIpc) is 2.83. The number of rotatable bonds is 3. The summed E-state index contributed by atoms with van der Waals surface area (Å²) in [6.45, 7) is 6.82. The second-order valence-corrected chi connectivity index (χ2v) is 5.30. The minimum absolute atomic E-state index is 0.00769. The first-order valence-electron chi connectivity index (χ1n) is 6.37. The second kappa shape index (κ2) is 4.90. The number of carbonyl (C=O) groups excluding carboxylic acids is 1. The van der Waals surface area contributed by atoms with E-state index in [1.165, 1.54) is 19.3 Å². The lowest BCUT2D eigenvalue weighted by molar-refractivity contribution is 0.0946. The summed E-state index contributed by atoms with van der Waals surface area (Å²) in [5.41, 5.74) is 2.33. The van der Waals surface area contributed by atoms with Gasteiger partial charge in [0.15, 0.2) is 0 Å². The van der Waals surface area contributed by atoms with E-state index in [2.05, 4.69) is 22.4 Å². The fraction of sp³-hybridized carbons (Fsp3) is 0.692. The van der Waals surface area contributed by atoms with Gasteiger partial charge in [0.25, 0.3) is 5.91 Å². The van der Waals surface area contributed by atoms with E-state index in [4.69, 9.17) is 0 Å². The first-order chi connectivity index (χ1) is 8.08. The smallest absolute Gasteiger partial charge is 0.255 e. The lowest BCUT2D eigenvalue weighted by Gasteiger charge is -2.11. The molecular formula is C13H21N3O. The molecule has 1 fully saturated rings.